The molecule has 0 saturated carbocycles. The first-order valence-corrected chi connectivity index (χ1v) is 20.2. The van der Waals surface area contributed by atoms with Crippen LogP contribution in [0.2, 0.25) is 0 Å². The first kappa shape index (κ1) is 51.2. The molecule has 21 heteroatoms. The van der Waals surface area contributed by atoms with Crippen LogP contribution >= 0.6 is 0 Å². The first-order chi connectivity index (χ1) is 30.7. The second-order valence-electron chi connectivity index (χ2n) is 14.9. The fourth-order valence-electron chi connectivity index (χ4n) is 7.64. The maximum Gasteiger partial charge on any atom is 0.303 e. The van der Waals surface area contributed by atoms with E-state index in [-0.39, 0.29) is 29.2 Å². The highest BCUT2D eigenvalue weighted by molar-refractivity contribution is 5.70. The highest BCUT2D eigenvalue weighted by Crippen LogP contribution is 2.45. The zero-order chi connectivity index (χ0) is 48.3. The summed E-state index contributed by atoms with van der Waals surface area (Å²) in [5.74, 6) is -5.44. The average molecular weight is 919 g/mol. The highest BCUT2D eigenvalue weighted by atomic mass is 16.7. The number of hydrogen-bond acceptors (Lipinski definition) is 21. The summed E-state index contributed by atoms with van der Waals surface area (Å²) in [6.45, 7) is 8.14. The molecular formula is C44H54O21. The fraction of sp³-hybridized carbons (Fsp3) is 0.545. The van der Waals surface area contributed by atoms with Crippen LogP contribution in [0.4, 0.5) is 0 Å². The van der Waals surface area contributed by atoms with Crippen molar-refractivity contribution in [2.24, 2.45) is 0 Å². The van der Waals surface area contributed by atoms with Crippen molar-refractivity contribution in [3.8, 4) is 17.2 Å². The van der Waals surface area contributed by atoms with Crippen molar-refractivity contribution >= 4 is 47.8 Å². The fourth-order valence-corrected chi connectivity index (χ4v) is 7.64. The zero-order valence-corrected chi connectivity index (χ0v) is 37.9. The predicted molar refractivity (Wildman–Crippen MR) is 217 cm³/mol. The van der Waals surface area contributed by atoms with Crippen LogP contribution in [0.3, 0.4) is 0 Å². The molecule has 4 rings (SSSR count). The number of benzene rings is 2. The third kappa shape index (κ3) is 13.5. The summed E-state index contributed by atoms with van der Waals surface area (Å²) in [6.07, 6.45) is -13.5. The van der Waals surface area contributed by atoms with E-state index < -0.39 is 122 Å². The van der Waals surface area contributed by atoms with E-state index >= 15 is 0 Å². The van der Waals surface area contributed by atoms with Gasteiger partial charge in [0.1, 0.15) is 54.9 Å². The number of esters is 8. The molecule has 0 aliphatic carbocycles. The van der Waals surface area contributed by atoms with Gasteiger partial charge in [-0.25, -0.2) is 0 Å². The Morgan fingerprint density at radius 3 is 1.17 bits per heavy atom. The van der Waals surface area contributed by atoms with Gasteiger partial charge in [-0.2, -0.15) is 0 Å². The Morgan fingerprint density at radius 2 is 0.800 bits per heavy atom. The first-order valence-electron chi connectivity index (χ1n) is 20.2. The molecule has 10 atom stereocenters. The minimum absolute atomic E-state index is 0.112. The summed E-state index contributed by atoms with van der Waals surface area (Å²) in [7, 11) is 4.17. The van der Waals surface area contributed by atoms with Gasteiger partial charge in [0.05, 0.1) is 21.3 Å². The van der Waals surface area contributed by atoms with E-state index in [1.807, 2.05) is 0 Å². The highest BCUT2D eigenvalue weighted by Gasteiger charge is 2.55. The van der Waals surface area contributed by atoms with Gasteiger partial charge < -0.3 is 61.6 Å². The number of hydrogen-bond donors (Lipinski definition) is 0. The molecule has 2 aromatic carbocycles. The van der Waals surface area contributed by atoms with Crippen LogP contribution in [0.15, 0.2) is 30.3 Å². The van der Waals surface area contributed by atoms with E-state index in [2.05, 4.69) is 0 Å². The average Bonchev–Trinajstić information content (AvgIpc) is 3.21. The SMILES string of the molecule is COc1cc([C@@H]2O[C@H](COC(C)=O)[C@@H](OC(C)=O)[C@H](OC(C)=O)[C@H]2OC(C)=O)c(OC)cc1Cc1ccc(OC)c([C@@H]2O[C@H](COC(C)=O)[C@H](OC(C)=O)[C@H](OC(C)=O)[C@H]2OC(C)=O)c1. The number of methoxy groups -OCH3 is 3. The summed E-state index contributed by atoms with van der Waals surface area (Å²) < 4.78 is 74.5. The Kier molecular flexibility index (Phi) is 18.0. The Balaban J connectivity index is 1.87. The van der Waals surface area contributed by atoms with Crippen LogP contribution < -0.4 is 14.2 Å². The van der Waals surface area contributed by atoms with Crippen molar-refractivity contribution in [2.45, 2.75) is 123 Å². The molecule has 0 radical (unpaired) electrons. The van der Waals surface area contributed by atoms with Crippen molar-refractivity contribution < 1.29 is 99.9 Å². The molecule has 2 saturated heterocycles. The minimum atomic E-state index is -1.45. The summed E-state index contributed by atoms with van der Waals surface area (Å²) in [5, 5.41) is 0. The summed E-state index contributed by atoms with van der Waals surface area (Å²) >= 11 is 0. The minimum Gasteiger partial charge on any atom is -0.496 e. The molecule has 0 bridgehead atoms. The number of rotatable bonds is 17. The summed E-state index contributed by atoms with van der Waals surface area (Å²) in [4.78, 5) is 98.6. The lowest BCUT2D eigenvalue weighted by Crippen LogP contribution is -2.59. The predicted octanol–water partition coefficient (Wildman–Crippen LogP) is 2.90. The van der Waals surface area contributed by atoms with Crippen LogP contribution in [0.1, 0.15) is 89.9 Å². The van der Waals surface area contributed by atoms with E-state index in [1.165, 1.54) is 28.3 Å². The molecule has 2 heterocycles. The molecule has 0 N–H and O–H groups in total. The number of carbonyl (C=O) groups is 8. The normalized spacial score (nSPS) is 24.8. The molecule has 2 fully saturated rings. The second kappa shape index (κ2) is 22.9. The quantitative estimate of drug-likeness (QED) is 0.163. The van der Waals surface area contributed by atoms with Gasteiger partial charge in [-0.3, -0.25) is 38.4 Å². The van der Waals surface area contributed by atoms with E-state index in [0.29, 0.717) is 16.7 Å². The van der Waals surface area contributed by atoms with Crippen molar-refractivity contribution in [1.82, 2.24) is 0 Å². The van der Waals surface area contributed by atoms with E-state index in [0.717, 1.165) is 48.5 Å². The van der Waals surface area contributed by atoms with Gasteiger partial charge in [-0.05, 0) is 29.8 Å². The largest absolute Gasteiger partial charge is 0.496 e. The Bertz CT molecular complexity index is 2100. The summed E-state index contributed by atoms with van der Waals surface area (Å²) in [6, 6.07) is 8.21. The van der Waals surface area contributed by atoms with Crippen LogP contribution in [-0.4, -0.2) is 131 Å². The van der Waals surface area contributed by atoms with Crippen LogP contribution in [-0.2, 0) is 92.1 Å². The Morgan fingerprint density at radius 1 is 0.431 bits per heavy atom. The van der Waals surface area contributed by atoms with Gasteiger partial charge >= 0.3 is 47.8 Å². The summed E-state index contributed by atoms with van der Waals surface area (Å²) in [5.41, 5.74) is 1.64. The smallest absolute Gasteiger partial charge is 0.303 e. The van der Waals surface area contributed by atoms with Crippen molar-refractivity contribution in [1.29, 1.82) is 0 Å². The van der Waals surface area contributed by atoms with Crippen molar-refractivity contribution in [3.63, 3.8) is 0 Å². The van der Waals surface area contributed by atoms with Crippen LogP contribution in [0.5, 0.6) is 17.2 Å². The Labute approximate surface area is 374 Å². The van der Waals surface area contributed by atoms with Gasteiger partial charge in [-0.15, -0.1) is 0 Å². The topological polar surface area (TPSA) is 257 Å². The van der Waals surface area contributed by atoms with Gasteiger partial charge in [0.2, 0.25) is 0 Å². The Hall–Kier alpha value is -6.48. The van der Waals surface area contributed by atoms with Gasteiger partial charge in [-0.1, -0.05) is 6.07 Å². The third-order valence-corrected chi connectivity index (χ3v) is 9.92. The molecule has 0 unspecified atom stereocenters. The lowest BCUT2D eigenvalue weighted by molar-refractivity contribution is -0.254. The van der Waals surface area contributed by atoms with E-state index in [9.17, 15) is 38.4 Å². The maximum absolute atomic E-state index is 12.6. The molecule has 21 nitrogen and oxygen atoms in total. The molecule has 65 heavy (non-hydrogen) atoms. The molecule has 0 spiro atoms. The van der Waals surface area contributed by atoms with Crippen LogP contribution in [0, 0.1) is 0 Å². The molecule has 0 aromatic heterocycles. The molecule has 356 valence electrons. The lowest BCUT2D eigenvalue weighted by Gasteiger charge is -2.45. The molecule has 2 aliphatic rings. The van der Waals surface area contributed by atoms with Crippen molar-refractivity contribution in [3.05, 3.63) is 52.6 Å². The third-order valence-electron chi connectivity index (χ3n) is 9.92. The van der Waals surface area contributed by atoms with Crippen molar-refractivity contribution in [2.75, 3.05) is 34.5 Å². The number of carbonyl (C=O) groups excluding carboxylic acids is 8. The zero-order valence-electron chi connectivity index (χ0n) is 37.9. The standard InChI is InChI=1S/C44H54O21/c1-20(45)56-18-35-39(58-22(3)47)43(62-26(7)51)41(60-24(5)49)37(64-35)30-15-28(12-13-32(30)53-9)14-29-16-34(55-11)31(17-33(29)54-10)38-42(61-25(6)50)44(63-27(8)52)40(59-23(4)48)36(65-38)19-57-21(2)46/h12-13,15-17,35-44H,14,18-19H2,1-11H3/t35-,36-,37+,38+,39+,40-,41+,42+,43+,44+/m1/s1. The molecular weight excluding hydrogens is 864 g/mol. The van der Waals surface area contributed by atoms with Gasteiger partial charge in [0, 0.05) is 78.5 Å². The number of ether oxygens (including phenoxy) is 13. The van der Waals surface area contributed by atoms with E-state index in [1.54, 1.807) is 30.3 Å². The molecule has 2 aromatic rings. The van der Waals surface area contributed by atoms with Gasteiger partial charge in [0.25, 0.3) is 0 Å². The second-order valence-corrected chi connectivity index (χ2v) is 14.9. The van der Waals surface area contributed by atoms with Crippen LogP contribution in [0.25, 0.3) is 0 Å². The lowest BCUT2D eigenvalue weighted by atomic mass is 9.88. The van der Waals surface area contributed by atoms with E-state index in [4.69, 9.17) is 61.6 Å². The van der Waals surface area contributed by atoms with Gasteiger partial charge in [0.15, 0.2) is 36.6 Å². The monoisotopic (exact) mass is 918 g/mol. The molecule has 2 aliphatic heterocycles. The maximum atomic E-state index is 12.6. The molecule has 0 amide bonds.